The Morgan fingerprint density at radius 2 is 1.76 bits per heavy atom. The number of rotatable bonds is 4. The molecule has 2 rings (SSSR count). The first-order chi connectivity index (χ1) is 7.95. The summed E-state index contributed by atoms with van der Waals surface area (Å²) < 4.78 is 0. The van der Waals surface area contributed by atoms with Crippen LogP contribution in [-0.4, -0.2) is 17.3 Å². The molecule has 1 saturated carbocycles. The van der Waals surface area contributed by atoms with E-state index in [-0.39, 0.29) is 17.6 Å². The number of hydrogen-bond donors (Lipinski definition) is 2. The topological polar surface area (TPSA) is 32.3 Å². The van der Waals surface area contributed by atoms with Crippen LogP contribution in [-0.2, 0) is 12.0 Å². The van der Waals surface area contributed by atoms with E-state index in [0.717, 1.165) is 19.4 Å². The van der Waals surface area contributed by atoms with Gasteiger partial charge >= 0.3 is 0 Å². The molecule has 0 atom stereocenters. The highest BCUT2D eigenvalue weighted by molar-refractivity contribution is 5.27. The molecule has 2 nitrogen and oxygen atoms in total. The first kappa shape index (κ1) is 12.6. The van der Waals surface area contributed by atoms with E-state index in [2.05, 4.69) is 50.4 Å². The average molecular weight is 233 g/mol. The second-order valence-electron chi connectivity index (χ2n) is 6.24. The van der Waals surface area contributed by atoms with Crippen molar-refractivity contribution in [1.82, 2.24) is 5.32 Å². The molecule has 0 bridgehead atoms. The van der Waals surface area contributed by atoms with Crippen LogP contribution in [0.1, 0.15) is 44.7 Å². The average Bonchev–Trinajstić information content (AvgIpc) is 3.06. The van der Waals surface area contributed by atoms with Crippen LogP contribution in [0.25, 0.3) is 0 Å². The molecule has 2 N–H and O–H groups in total. The summed E-state index contributed by atoms with van der Waals surface area (Å²) in [6.45, 7) is 7.79. The van der Waals surface area contributed by atoms with E-state index in [1.54, 1.807) is 0 Å². The molecule has 0 aromatic heterocycles. The second-order valence-corrected chi connectivity index (χ2v) is 6.24. The Kier molecular flexibility index (Phi) is 3.28. The fraction of sp³-hybridized carbons (Fsp3) is 0.600. The molecule has 94 valence electrons. The van der Waals surface area contributed by atoms with Crippen LogP contribution in [0.3, 0.4) is 0 Å². The van der Waals surface area contributed by atoms with Crippen LogP contribution in [0.2, 0.25) is 0 Å². The summed E-state index contributed by atoms with van der Waals surface area (Å²) in [6.07, 6.45) is 2.20. The smallest absolute Gasteiger partial charge is 0.0613 e. The highest BCUT2D eigenvalue weighted by Crippen LogP contribution is 2.34. The molecule has 0 radical (unpaired) electrons. The van der Waals surface area contributed by atoms with Crippen molar-refractivity contribution < 1.29 is 5.11 Å². The number of hydrogen-bond acceptors (Lipinski definition) is 2. The molecular formula is C15H23NO. The van der Waals surface area contributed by atoms with E-state index < -0.39 is 0 Å². The van der Waals surface area contributed by atoms with Gasteiger partial charge in [0.1, 0.15) is 0 Å². The van der Waals surface area contributed by atoms with Crippen molar-refractivity contribution in [3.63, 3.8) is 0 Å². The van der Waals surface area contributed by atoms with Crippen LogP contribution in [0.5, 0.6) is 0 Å². The molecule has 0 spiro atoms. The second kappa shape index (κ2) is 4.43. The van der Waals surface area contributed by atoms with Crippen molar-refractivity contribution >= 4 is 0 Å². The van der Waals surface area contributed by atoms with E-state index in [0.29, 0.717) is 0 Å². The molecule has 1 aromatic rings. The number of nitrogens with one attached hydrogen (secondary N) is 1. The van der Waals surface area contributed by atoms with Gasteiger partial charge in [-0.25, -0.2) is 0 Å². The molecule has 0 unspecified atom stereocenters. The van der Waals surface area contributed by atoms with Gasteiger partial charge in [0.2, 0.25) is 0 Å². The summed E-state index contributed by atoms with van der Waals surface area (Å²) >= 11 is 0. The Labute approximate surface area is 104 Å². The maximum atomic E-state index is 9.22. The van der Waals surface area contributed by atoms with Gasteiger partial charge in [-0.1, -0.05) is 45.0 Å². The first-order valence-electron chi connectivity index (χ1n) is 6.41. The zero-order chi connectivity index (χ0) is 12.5. The van der Waals surface area contributed by atoms with Crippen molar-refractivity contribution in [2.45, 2.75) is 51.1 Å². The third-order valence-corrected chi connectivity index (χ3v) is 3.64. The van der Waals surface area contributed by atoms with Crippen LogP contribution >= 0.6 is 0 Å². The zero-order valence-electron chi connectivity index (χ0n) is 11.1. The van der Waals surface area contributed by atoms with Crippen LogP contribution in [0.4, 0.5) is 0 Å². The van der Waals surface area contributed by atoms with E-state index >= 15 is 0 Å². The van der Waals surface area contributed by atoms with E-state index in [4.69, 9.17) is 0 Å². The third-order valence-electron chi connectivity index (χ3n) is 3.64. The fourth-order valence-electron chi connectivity index (χ4n) is 1.95. The minimum Gasteiger partial charge on any atom is -0.394 e. The van der Waals surface area contributed by atoms with E-state index in [1.165, 1.54) is 11.1 Å². The standard InChI is InChI=1S/C15H23NO/c1-14(2,3)13-6-4-12(5-7-13)10-16-15(11-17)8-9-15/h4-7,16-17H,8-11H2,1-3H3. The summed E-state index contributed by atoms with van der Waals surface area (Å²) in [5.41, 5.74) is 2.90. The normalized spacial score (nSPS) is 18.1. The zero-order valence-corrected chi connectivity index (χ0v) is 11.1. The Morgan fingerprint density at radius 3 is 2.18 bits per heavy atom. The quantitative estimate of drug-likeness (QED) is 0.838. The first-order valence-corrected chi connectivity index (χ1v) is 6.41. The maximum absolute atomic E-state index is 9.22. The lowest BCUT2D eigenvalue weighted by atomic mass is 9.87. The van der Waals surface area contributed by atoms with Gasteiger partial charge in [-0.05, 0) is 29.4 Å². The van der Waals surface area contributed by atoms with Crippen molar-refractivity contribution in [2.75, 3.05) is 6.61 Å². The van der Waals surface area contributed by atoms with Crippen molar-refractivity contribution in [3.8, 4) is 0 Å². The maximum Gasteiger partial charge on any atom is 0.0613 e. The lowest BCUT2D eigenvalue weighted by Crippen LogP contribution is -2.34. The number of aliphatic hydroxyl groups excluding tert-OH is 1. The summed E-state index contributed by atoms with van der Waals surface area (Å²) in [5.74, 6) is 0. The van der Waals surface area contributed by atoms with Crippen LogP contribution < -0.4 is 5.32 Å². The molecule has 17 heavy (non-hydrogen) atoms. The molecular weight excluding hydrogens is 210 g/mol. The Balaban J connectivity index is 1.94. The Bertz CT molecular complexity index is 371. The van der Waals surface area contributed by atoms with Gasteiger partial charge in [0.25, 0.3) is 0 Å². The number of aliphatic hydroxyl groups is 1. The summed E-state index contributed by atoms with van der Waals surface area (Å²) in [6, 6.07) is 8.77. The third kappa shape index (κ3) is 3.08. The minimum absolute atomic E-state index is 0.0305. The van der Waals surface area contributed by atoms with Gasteiger partial charge in [0.05, 0.1) is 6.61 Å². The van der Waals surface area contributed by atoms with Crippen molar-refractivity contribution in [3.05, 3.63) is 35.4 Å². The molecule has 2 heteroatoms. The van der Waals surface area contributed by atoms with Gasteiger partial charge in [-0.2, -0.15) is 0 Å². The summed E-state index contributed by atoms with van der Waals surface area (Å²) in [7, 11) is 0. The van der Waals surface area contributed by atoms with Gasteiger partial charge in [-0.15, -0.1) is 0 Å². The number of benzene rings is 1. The predicted octanol–water partition coefficient (Wildman–Crippen LogP) is 2.60. The van der Waals surface area contributed by atoms with Crippen LogP contribution in [0, 0.1) is 0 Å². The molecule has 1 aliphatic rings. The van der Waals surface area contributed by atoms with Crippen molar-refractivity contribution in [1.29, 1.82) is 0 Å². The lowest BCUT2D eigenvalue weighted by Gasteiger charge is -2.20. The lowest BCUT2D eigenvalue weighted by molar-refractivity contribution is 0.229. The summed E-state index contributed by atoms with van der Waals surface area (Å²) in [4.78, 5) is 0. The highest BCUT2D eigenvalue weighted by Gasteiger charge is 2.41. The van der Waals surface area contributed by atoms with Gasteiger partial charge < -0.3 is 10.4 Å². The monoisotopic (exact) mass is 233 g/mol. The predicted molar refractivity (Wildman–Crippen MR) is 71.0 cm³/mol. The fourth-order valence-corrected chi connectivity index (χ4v) is 1.95. The van der Waals surface area contributed by atoms with E-state index in [1.807, 2.05) is 0 Å². The molecule has 1 aromatic carbocycles. The van der Waals surface area contributed by atoms with Gasteiger partial charge in [-0.3, -0.25) is 0 Å². The van der Waals surface area contributed by atoms with Gasteiger partial charge in [0, 0.05) is 12.1 Å². The highest BCUT2D eigenvalue weighted by atomic mass is 16.3. The van der Waals surface area contributed by atoms with E-state index in [9.17, 15) is 5.11 Å². The Hall–Kier alpha value is -0.860. The van der Waals surface area contributed by atoms with Crippen LogP contribution in [0.15, 0.2) is 24.3 Å². The SMILES string of the molecule is CC(C)(C)c1ccc(CNC2(CO)CC2)cc1. The Morgan fingerprint density at radius 1 is 1.18 bits per heavy atom. The largest absolute Gasteiger partial charge is 0.394 e. The van der Waals surface area contributed by atoms with Crippen molar-refractivity contribution in [2.24, 2.45) is 0 Å². The minimum atomic E-state index is 0.0305. The molecule has 1 aliphatic carbocycles. The summed E-state index contributed by atoms with van der Waals surface area (Å²) in [5, 5.41) is 12.7. The molecule has 0 saturated heterocycles. The molecule has 0 aliphatic heterocycles. The molecule has 0 heterocycles. The van der Waals surface area contributed by atoms with Gasteiger partial charge in [0.15, 0.2) is 0 Å². The molecule has 0 amide bonds. The molecule has 1 fully saturated rings.